The second-order valence-electron chi connectivity index (χ2n) is 9.73. The van der Waals surface area contributed by atoms with Crippen LogP contribution in [0.5, 0.6) is 0 Å². The van der Waals surface area contributed by atoms with E-state index in [9.17, 15) is 0 Å². The molecule has 0 bridgehead atoms. The predicted octanol–water partition coefficient (Wildman–Crippen LogP) is 9.50. The van der Waals surface area contributed by atoms with Gasteiger partial charge in [0.15, 0.2) is 0 Å². The summed E-state index contributed by atoms with van der Waals surface area (Å²) < 4.78 is 43.1. The lowest BCUT2D eigenvalue weighted by Crippen LogP contribution is -2.36. The van der Waals surface area contributed by atoms with Crippen LogP contribution in [0.15, 0.2) is 152 Å². The van der Waals surface area contributed by atoms with Gasteiger partial charge in [-0.25, -0.2) is 0 Å². The molecule has 178 valence electrons. The molecule has 2 aliphatic rings. The average Bonchev–Trinajstić information content (AvgIpc) is 3.35. The van der Waals surface area contributed by atoms with E-state index >= 15 is 0 Å². The molecule has 1 heteroatoms. The van der Waals surface area contributed by atoms with Crippen LogP contribution in [-0.4, -0.2) is 0 Å². The molecule has 0 unspecified atom stereocenters. The van der Waals surface area contributed by atoms with E-state index in [-0.39, 0.29) is 29.7 Å². The zero-order valence-corrected chi connectivity index (χ0v) is 20.5. The number of hydrogen-bond acceptors (Lipinski definition) is 1. The Hall–Kier alpha value is -4.88. The first-order valence-corrected chi connectivity index (χ1v) is 12.8. The van der Waals surface area contributed by atoms with Gasteiger partial charge >= 0.3 is 0 Å². The lowest BCUT2D eigenvalue weighted by atomic mass is 9.63. The fraction of sp³-hybridized carbons (Fsp3) is 0.0270. The summed E-state index contributed by atoms with van der Waals surface area (Å²) in [5, 5.41) is 0. The van der Waals surface area contributed by atoms with Crippen molar-refractivity contribution in [3.63, 3.8) is 0 Å². The smallest absolute Gasteiger partial charge is 0.0760 e. The molecule has 1 spiro atoms. The monoisotopic (exact) mass is 488 g/mol. The molecule has 8 rings (SSSR count). The van der Waals surface area contributed by atoms with Crippen molar-refractivity contribution in [1.29, 1.82) is 0 Å². The average molecular weight is 489 g/mol. The molecule has 1 heterocycles. The van der Waals surface area contributed by atoms with Crippen LogP contribution in [0.2, 0.25) is 0 Å². The van der Waals surface area contributed by atoms with E-state index in [2.05, 4.69) is 89.8 Å². The predicted molar refractivity (Wildman–Crippen MR) is 157 cm³/mol. The lowest BCUT2D eigenvalue weighted by Gasteiger charge is -2.45. The fourth-order valence-corrected chi connectivity index (χ4v) is 6.61. The largest absolute Gasteiger partial charge is 0.310 e. The van der Waals surface area contributed by atoms with Crippen LogP contribution in [0.4, 0.5) is 17.1 Å². The van der Waals surface area contributed by atoms with Crippen LogP contribution in [0.3, 0.4) is 0 Å². The van der Waals surface area contributed by atoms with Crippen LogP contribution in [0.1, 0.15) is 29.1 Å². The molecular weight excluding hydrogens is 458 g/mol. The Bertz CT molecular complexity index is 2030. The molecule has 0 saturated heterocycles. The minimum atomic E-state index is -0.802. The summed E-state index contributed by atoms with van der Waals surface area (Å²) in [6.45, 7) is 0. The summed E-state index contributed by atoms with van der Waals surface area (Å²) >= 11 is 0. The second-order valence-corrected chi connectivity index (χ2v) is 9.73. The number of benzene rings is 6. The maximum atomic E-state index is 8.95. The molecule has 0 N–H and O–H groups in total. The zero-order chi connectivity index (χ0) is 29.5. The molecule has 1 aliphatic heterocycles. The van der Waals surface area contributed by atoms with Gasteiger partial charge in [-0.1, -0.05) is 127 Å². The summed E-state index contributed by atoms with van der Waals surface area (Å²) in [5.41, 5.74) is 9.43. The van der Waals surface area contributed by atoms with Gasteiger partial charge in [-0.2, -0.15) is 0 Å². The van der Waals surface area contributed by atoms with Gasteiger partial charge in [0.05, 0.1) is 23.6 Å². The maximum absolute atomic E-state index is 8.95. The highest BCUT2D eigenvalue weighted by Gasteiger charge is 2.52. The molecule has 0 amide bonds. The summed E-state index contributed by atoms with van der Waals surface area (Å²) in [6, 6.07) is 40.1. The van der Waals surface area contributed by atoms with Crippen molar-refractivity contribution < 1.29 is 6.85 Å². The Kier molecular flexibility index (Phi) is 3.56. The highest BCUT2D eigenvalue weighted by atomic mass is 15.2. The number of anilines is 3. The van der Waals surface area contributed by atoms with Crippen molar-refractivity contribution in [2.45, 2.75) is 5.41 Å². The molecule has 1 aliphatic carbocycles. The summed E-state index contributed by atoms with van der Waals surface area (Å²) in [5.74, 6) is 0. The topological polar surface area (TPSA) is 3.24 Å². The van der Waals surface area contributed by atoms with Crippen LogP contribution in [-0.2, 0) is 5.41 Å². The van der Waals surface area contributed by atoms with Crippen molar-refractivity contribution in [2.24, 2.45) is 0 Å². The van der Waals surface area contributed by atoms with Crippen LogP contribution in [0.25, 0.3) is 22.3 Å². The number of rotatable bonds is 2. The Morgan fingerprint density at radius 1 is 0.474 bits per heavy atom. The molecule has 6 aromatic carbocycles. The highest BCUT2D eigenvalue weighted by molar-refractivity contribution is 5.98. The number of para-hydroxylation sites is 3. The van der Waals surface area contributed by atoms with E-state index in [1.807, 2.05) is 36.4 Å². The molecule has 0 radical (unpaired) electrons. The number of nitrogens with zero attached hydrogens (tertiary/aromatic N) is 1. The minimum Gasteiger partial charge on any atom is -0.310 e. The van der Waals surface area contributed by atoms with Crippen LogP contribution < -0.4 is 4.90 Å². The Labute approximate surface area is 230 Å². The first-order chi connectivity index (χ1) is 21.0. The summed E-state index contributed by atoms with van der Waals surface area (Å²) in [6.07, 6.45) is 0. The fourth-order valence-electron chi connectivity index (χ4n) is 6.61. The summed E-state index contributed by atoms with van der Waals surface area (Å²) in [7, 11) is 0. The van der Waals surface area contributed by atoms with E-state index in [0.717, 1.165) is 50.4 Å². The van der Waals surface area contributed by atoms with Crippen molar-refractivity contribution in [2.75, 3.05) is 4.90 Å². The van der Waals surface area contributed by atoms with Gasteiger partial charge in [0.1, 0.15) is 0 Å². The van der Waals surface area contributed by atoms with E-state index < -0.39 is 11.5 Å². The van der Waals surface area contributed by atoms with Crippen molar-refractivity contribution >= 4 is 17.1 Å². The van der Waals surface area contributed by atoms with Gasteiger partial charge < -0.3 is 4.90 Å². The first kappa shape index (κ1) is 16.8. The third-order valence-corrected chi connectivity index (χ3v) is 7.94. The standard InChI is InChI=1S/C37H25N/c1-3-14-26(15-4-1)28-19-13-20-30-29-18-7-8-21-31(29)37(36(28)30)32-22-9-11-24-34(32)38(27-16-5-2-6-17-27)35-25-12-10-23-33(35)37/h1-25H/i1D,3D,4D,14D,15D. The van der Waals surface area contributed by atoms with Crippen LogP contribution in [0, 0.1) is 0 Å². The minimum absolute atomic E-state index is 0.200. The van der Waals surface area contributed by atoms with E-state index in [0.29, 0.717) is 5.56 Å². The first-order valence-electron chi connectivity index (χ1n) is 15.3. The highest BCUT2D eigenvalue weighted by Crippen LogP contribution is 2.64. The number of fused-ring (bicyclic) bond motifs is 9. The second kappa shape index (κ2) is 8.06. The van der Waals surface area contributed by atoms with Gasteiger partial charge in [0.25, 0.3) is 0 Å². The maximum Gasteiger partial charge on any atom is 0.0760 e. The van der Waals surface area contributed by atoms with E-state index in [1.54, 1.807) is 0 Å². The SMILES string of the molecule is [2H]c1c([2H])c([2H])c(-c2cccc3c2C2(c4ccccc4-3)c3ccccc3N(c3ccccc3)c3ccccc32)c([2H])c1[2H]. The van der Waals surface area contributed by atoms with Crippen molar-refractivity contribution in [1.82, 2.24) is 0 Å². The van der Waals surface area contributed by atoms with E-state index in [1.165, 1.54) is 0 Å². The Morgan fingerprint density at radius 3 is 1.74 bits per heavy atom. The normalized spacial score (nSPS) is 15.8. The molecule has 0 saturated carbocycles. The third-order valence-electron chi connectivity index (χ3n) is 7.94. The van der Waals surface area contributed by atoms with Crippen molar-refractivity contribution in [3.8, 4) is 22.3 Å². The zero-order valence-electron chi connectivity index (χ0n) is 25.5. The van der Waals surface area contributed by atoms with E-state index in [4.69, 9.17) is 6.85 Å². The lowest BCUT2D eigenvalue weighted by molar-refractivity contribution is 0.754. The van der Waals surface area contributed by atoms with Gasteiger partial charge in [0, 0.05) is 5.69 Å². The summed E-state index contributed by atoms with van der Waals surface area (Å²) in [4.78, 5) is 2.30. The third kappa shape index (κ3) is 2.71. The van der Waals surface area contributed by atoms with Gasteiger partial charge in [-0.15, -0.1) is 0 Å². The number of hydrogen-bond donors (Lipinski definition) is 0. The molecule has 38 heavy (non-hydrogen) atoms. The molecule has 1 nitrogen and oxygen atoms in total. The molecule has 0 aromatic heterocycles. The van der Waals surface area contributed by atoms with Gasteiger partial charge in [-0.3, -0.25) is 0 Å². The molecular formula is C37H25N. The molecule has 0 fully saturated rings. The Morgan fingerprint density at radius 2 is 1.03 bits per heavy atom. The van der Waals surface area contributed by atoms with Crippen LogP contribution >= 0.6 is 0 Å². The molecule has 6 aromatic rings. The van der Waals surface area contributed by atoms with Crippen molar-refractivity contribution in [3.05, 3.63) is 174 Å². The van der Waals surface area contributed by atoms with Gasteiger partial charge in [0.2, 0.25) is 0 Å². The Balaban J connectivity index is 1.57. The van der Waals surface area contributed by atoms with Gasteiger partial charge in [-0.05, 0) is 68.8 Å². The quantitative estimate of drug-likeness (QED) is 0.234. The molecule has 0 atom stereocenters.